The minimum absolute atomic E-state index is 0.136. The molecule has 0 bridgehead atoms. The van der Waals surface area contributed by atoms with Crippen LogP contribution in [0.1, 0.15) is 22.8 Å². The van der Waals surface area contributed by atoms with E-state index in [1.165, 1.54) is 0 Å². The minimum Gasteiger partial charge on any atom is -0.293 e. The molecule has 0 aromatic heterocycles. The zero-order chi connectivity index (χ0) is 10.7. The van der Waals surface area contributed by atoms with Gasteiger partial charge in [-0.15, -0.1) is 0 Å². The van der Waals surface area contributed by atoms with Gasteiger partial charge in [-0.25, -0.2) is 0 Å². The van der Waals surface area contributed by atoms with Crippen LogP contribution < -0.4 is 0 Å². The molecule has 0 fully saturated rings. The second kappa shape index (κ2) is 4.39. The summed E-state index contributed by atoms with van der Waals surface area (Å²) in [4.78, 5) is 11.7. The van der Waals surface area contributed by atoms with Crippen LogP contribution in [0.4, 0.5) is 0 Å². The maximum absolute atomic E-state index is 11.7. The average molecular weight is 252 g/mol. The summed E-state index contributed by atoms with van der Waals surface area (Å²) in [7, 11) is 0. The number of carbonyl (C=O) groups excluding carboxylic acids is 1. The van der Waals surface area contributed by atoms with Gasteiger partial charge in [-0.2, -0.15) is 5.26 Å². The Kier molecular flexibility index (Phi) is 3.43. The Morgan fingerprint density at radius 1 is 1.57 bits per heavy atom. The van der Waals surface area contributed by atoms with E-state index >= 15 is 0 Å². The summed E-state index contributed by atoms with van der Waals surface area (Å²) in [5, 5.41) is 8.64. The van der Waals surface area contributed by atoms with E-state index in [0.717, 1.165) is 10.0 Å². The lowest BCUT2D eigenvalue weighted by Gasteiger charge is -2.05. The molecule has 0 saturated heterocycles. The SMILES string of the molecule is Cc1ccc(Br)c(C(=O)C(C)C#N)c1. The van der Waals surface area contributed by atoms with Crippen molar-refractivity contribution in [3.05, 3.63) is 33.8 Å². The molecule has 1 unspecified atom stereocenters. The van der Waals surface area contributed by atoms with Gasteiger partial charge in [0.25, 0.3) is 0 Å². The van der Waals surface area contributed by atoms with Crippen LogP contribution in [0.25, 0.3) is 0 Å². The Labute approximate surface area is 91.7 Å². The Balaban J connectivity index is 3.14. The van der Waals surface area contributed by atoms with Crippen LogP contribution in [0.3, 0.4) is 0 Å². The summed E-state index contributed by atoms with van der Waals surface area (Å²) in [5.41, 5.74) is 1.60. The number of benzene rings is 1. The highest BCUT2D eigenvalue weighted by Crippen LogP contribution is 2.21. The molecule has 0 N–H and O–H groups in total. The van der Waals surface area contributed by atoms with Crippen LogP contribution in [-0.2, 0) is 0 Å². The van der Waals surface area contributed by atoms with Gasteiger partial charge in [0.05, 0.1) is 6.07 Å². The lowest BCUT2D eigenvalue weighted by atomic mass is 9.99. The van der Waals surface area contributed by atoms with Gasteiger partial charge >= 0.3 is 0 Å². The lowest BCUT2D eigenvalue weighted by molar-refractivity contribution is 0.0955. The molecule has 0 aliphatic heterocycles. The zero-order valence-corrected chi connectivity index (χ0v) is 9.63. The van der Waals surface area contributed by atoms with Crippen LogP contribution in [0.5, 0.6) is 0 Å². The number of hydrogen-bond acceptors (Lipinski definition) is 2. The Morgan fingerprint density at radius 3 is 2.79 bits per heavy atom. The number of ketones is 1. The summed E-state index contributed by atoms with van der Waals surface area (Å²) in [6.07, 6.45) is 0. The van der Waals surface area contributed by atoms with E-state index < -0.39 is 5.92 Å². The fourth-order valence-electron chi connectivity index (χ4n) is 1.12. The van der Waals surface area contributed by atoms with Gasteiger partial charge in [-0.05, 0) is 26.0 Å². The molecule has 1 atom stereocenters. The fraction of sp³-hybridized carbons (Fsp3) is 0.273. The monoisotopic (exact) mass is 251 g/mol. The van der Waals surface area contributed by atoms with Gasteiger partial charge < -0.3 is 0 Å². The first kappa shape index (κ1) is 10.9. The molecule has 0 aliphatic rings. The maximum atomic E-state index is 11.7. The number of hydrogen-bond donors (Lipinski definition) is 0. The molecule has 0 spiro atoms. The number of carbonyl (C=O) groups is 1. The molecule has 0 aliphatic carbocycles. The zero-order valence-electron chi connectivity index (χ0n) is 8.04. The quantitative estimate of drug-likeness (QED) is 0.759. The van der Waals surface area contributed by atoms with E-state index in [1.807, 2.05) is 25.1 Å². The van der Waals surface area contributed by atoms with E-state index in [2.05, 4.69) is 15.9 Å². The van der Waals surface area contributed by atoms with Gasteiger partial charge in [0.1, 0.15) is 5.92 Å². The van der Waals surface area contributed by atoms with Gasteiger partial charge in [0.2, 0.25) is 0 Å². The average Bonchev–Trinajstić information content (AvgIpc) is 2.19. The number of halogens is 1. The molecule has 0 heterocycles. The molecular weight excluding hydrogens is 242 g/mol. The molecule has 2 nitrogen and oxygen atoms in total. The molecule has 3 heteroatoms. The van der Waals surface area contributed by atoms with Crippen molar-refractivity contribution in [1.82, 2.24) is 0 Å². The highest BCUT2D eigenvalue weighted by Gasteiger charge is 2.16. The van der Waals surface area contributed by atoms with Crippen molar-refractivity contribution in [3.63, 3.8) is 0 Å². The molecule has 1 rings (SSSR count). The van der Waals surface area contributed by atoms with Gasteiger partial charge in [-0.1, -0.05) is 27.6 Å². The normalized spacial score (nSPS) is 11.9. The third-order valence-corrected chi connectivity index (χ3v) is 2.67. The van der Waals surface area contributed by atoms with Crippen LogP contribution in [-0.4, -0.2) is 5.78 Å². The third kappa shape index (κ3) is 2.21. The predicted molar refractivity (Wildman–Crippen MR) is 58.0 cm³/mol. The van der Waals surface area contributed by atoms with Crippen molar-refractivity contribution < 1.29 is 4.79 Å². The van der Waals surface area contributed by atoms with Gasteiger partial charge in [-0.3, -0.25) is 4.79 Å². The van der Waals surface area contributed by atoms with Crippen molar-refractivity contribution in [2.24, 2.45) is 5.92 Å². The molecule has 1 aromatic rings. The summed E-state index contributed by atoms with van der Waals surface area (Å²) < 4.78 is 0.746. The van der Waals surface area contributed by atoms with Crippen LogP contribution in [0.2, 0.25) is 0 Å². The van der Waals surface area contributed by atoms with Crippen molar-refractivity contribution in [2.75, 3.05) is 0 Å². The highest BCUT2D eigenvalue weighted by atomic mass is 79.9. The van der Waals surface area contributed by atoms with Crippen LogP contribution >= 0.6 is 15.9 Å². The third-order valence-electron chi connectivity index (χ3n) is 1.97. The fourth-order valence-corrected chi connectivity index (χ4v) is 1.56. The summed E-state index contributed by atoms with van der Waals surface area (Å²) in [6.45, 7) is 3.53. The summed E-state index contributed by atoms with van der Waals surface area (Å²) in [5.74, 6) is -0.726. The van der Waals surface area contributed by atoms with Crippen molar-refractivity contribution >= 4 is 21.7 Å². The van der Waals surface area contributed by atoms with E-state index in [4.69, 9.17) is 5.26 Å². The summed E-state index contributed by atoms with van der Waals surface area (Å²) in [6, 6.07) is 7.47. The van der Waals surface area contributed by atoms with Crippen molar-refractivity contribution in [3.8, 4) is 6.07 Å². The second-order valence-electron chi connectivity index (χ2n) is 3.20. The molecule has 0 amide bonds. The first-order valence-corrected chi connectivity index (χ1v) is 5.05. The first-order valence-electron chi connectivity index (χ1n) is 4.26. The van der Waals surface area contributed by atoms with Crippen LogP contribution in [0.15, 0.2) is 22.7 Å². The number of rotatable bonds is 2. The highest BCUT2D eigenvalue weighted by molar-refractivity contribution is 9.10. The predicted octanol–water partition coefficient (Wildman–Crippen LogP) is 3.10. The minimum atomic E-state index is -0.590. The van der Waals surface area contributed by atoms with Crippen molar-refractivity contribution in [2.45, 2.75) is 13.8 Å². The number of aryl methyl sites for hydroxylation is 1. The molecule has 14 heavy (non-hydrogen) atoms. The molecule has 72 valence electrons. The number of nitrogens with zero attached hydrogens (tertiary/aromatic N) is 1. The van der Waals surface area contributed by atoms with Crippen molar-refractivity contribution in [1.29, 1.82) is 5.26 Å². The molecule has 0 radical (unpaired) electrons. The maximum Gasteiger partial charge on any atom is 0.180 e. The first-order chi connectivity index (χ1) is 6.56. The van der Waals surface area contributed by atoms with Gasteiger partial charge in [0.15, 0.2) is 5.78 Å². The lowest BCUT2D eigenvalue weighted by Crippen LogP contribution is -2.09. The van der Waals surface area contributed by atoms with Crippen LogP contribution in [0, 0.1) is 24.2 Å². The Bertz CT molecular complexity index is 406. The van der Waals surface area contributed by atoms with E-state index in [1.54, 1.807) is 13.0 Å². The Hall–Kier alpha value is -1.14. The Morgan fingerprint density at radius 2 is 2.21 bits per heavy atom. The molecule has 0 saturated carbocycles. The summed E-state index contributed by atoms with van der Waals surface area (Å²) >= 11 is 3.30. The van der Waals surface area contributed by atoms with Gasteiger partial charge in [0, 0.05) is 10.0 Å². The second-order valence-corrected chi connectivity index (χ2v) is 4.05. The topological polar surface area (TPSA) is 40.9 Å². The largest absolute Gasteiger partial charge is 0.293 e. The van der Waals surface area contributed by atoms with E-state index in [0.29, 0.717) is 5.56 Å². The van der Waals surface area contributed by atoms with E-state index in [9.17, 15) is 4.79 Å². The molecular formula is C11H10BrNO. The standard InChI is InChI=1S/C11H10BrNO/c1-7-3-4-10(12)9(5-7)11(14)8(2)6-13/h3-5,8H,1-2H3. The number of nitriles is 1. The molecule has 1 aromatic carbocycles. The van der Waals surface area contributed by atoms with E-state index in [-0.39, 0.29) is 5.78 Å². The smallest absolute Gasteiger partial charge is 0.180 e. The number of Topliss-reactive ketones (excluding diaryl/α,β-unsaturated/α-hetero) is 1.